The maximum atomic E-state index is 12.6. The summed E-state index contributed by atoms with van der Waals surface area (Å²) in [7, 11) is 0. The first-order valence-electron chi connectivity index (χ1n) is 11.2. The molecule has 2 amide bonds. The summed E-state index contributed by atoms with van der Waals surface area (Å²) < 4.78 is 5.58. The number of carbonyl (C=O) groups excluding carboxylic acids is 2. The number of carbonyl (C=O) groups is 3. The van der Waals surface area contributed by atoms with Gasteiger partial charge in [-0.2, -0.15) is 0 Å². The molecule has 174 valence electrons. The Balaban J connectivity index is 1.36. The Bertz CT molecular complexity index is 994. The van der Waals surface area contributed by atoms with Crippen molar-refractivity contribution in [2.75, 3.05) is 13.2 Å². The largest absolute Gasteiger partial charge is 0.480 e. The molecule has 0 saturated heterocycles. The molecule has 0 aromatic heterocycles. The highest BCUT2D eigenvalue weighted by atomic mass is 16.5. The number of alkyl carbamates (subject to hydrolysis) is 1. The summed E-state index contributed by atoms with van der Waals surface area (Å²) in [4.78, 5) is 36.5. The molecule has 3 atom stereocenters. The third-order valence-corrected chi connectivity index (χ3v) is 6.53. The van der Waals surface area contributed by atoms with Gasteiger partial charge in [0.05, 0.1) is 5.92 Å². The number of nitrogens with one attached hydrogen (secondary N) is 2. The fourth-order valence-corrected chi connectivity index (χ4v) is 4.90. The number of aliphatic hydroxyl groups is 1. The molecule has 2 aromatic carbocycles. The molecule has 8 heteroatoms. The lowest BCUT2D eigenvalue weighted by Crippen LogP contribution is -2.49. The number of aliphatic hydroxyl groups excluding tert-OH is 1. The molecule has 0 aliphatic heterocycles. The van der Waals surface area contributed by atoms with Crippen LogP contribution in [0.3, 0.4) is 0 Å². The molecule has 0 bridgehead atoms. The smallest absolute Gasteiger partial charge is 0.407 e. The average Bonchev–Trinajstić information content (AvgIpc) is 3.40. The zero-order chi connectivity index (χ0) is 23.4. The van der Waals surface area contributed by atoms with E-state index in [1.807, 2.05) is 36.4 Å². The zero-order valence-corrected chi connectivity index (χ0v) is 18.2. The summed E-state index contributed by atoms with van der Waals surface area (Å²) in [6.07, 6.45) is 1.24. The number of amides is 2. The molecule has 4 N–H and O–H groups in total. The number of hydrogen-bond acceptors (Lipinski definition) is 5. The Morgan fingerprint density at radius 2 is 1.64 bits per heavy atom. The van der Waals surface area contributed by atoms with Gasteiger partial charge in [0.15, 0.2) is 0 Å². The minimum absolute atomic E-state index is 0.0550. The topological polar surface area (TPSA) is 125 Å². The lowest BCUT2D eigenvalue weighted by Gasteiger charge is -2.23. The van der Waals surface area contributed by atoms with Crippen LogP contribution in [0, 0.1) is 5.92 Å². The van der Waals surface area contributed by atoms with Crippen LogP contribution in [0.25, 0.3) is 11.1 Å². The van der Waals surface area contributed by atoms with Gasteiger partial charge in [-0.25, -0.2) is 9.59 Å². The number of carboxylic acid groups (broad SMARTS) is 1. The highest BCUT2D eigenvalue weighted by molar-refractivity contribution is 5.86. The van der Waals surface area contributed by atoms with Crippen LogP contribution in [-0.2, 0) is 14.3 Å². The van der Waals surface area contributed by atoms with E-state index in [1.54, 1.807) is 0 Å². The van der Waals surface area contributed by atoms with Crippen LogP contribution in [0.2, 0.25) is 0 Å². The molecule has 0 radical (unpaired) electrons. The van der Waals surface area contributed by atoms with Crippen molar-refractivity contribution in [1.82, 2.24) is 10.6 Å². The number of ether oxygens (including phenoxy) is 1. The lowest BCUT2D eigenvalue weighted by atomic mass is 9.98. The number of benzene rings is 2. The molecule has 2 unspecified atom stereocenters. The van der Waals surface area contributed by atoms with Gasteiger partial charge in [0.1, 0.15) is 12.6 Å². The SMILES string of the molecule is O=C(NC1CCCC1C(=O)N[C@@H](CCO)C(=O)O)OCC1c2ccccc2-c2ccccc21. The second-order valence-electron chi connectivity index (χ2n) is 8.53. The van der Waals surface area contributed by atoms with Gasteiger partial charge in [-0.3, -0.25) is 4.79 Å². The van der Waals surface area contributed by atoms with Crippen molar-refractivity contribution in [3.8, 4) is 11.1 Å². The second-order valence-corrected chi connectivity index (χ2v) is 8.53. The molecular weight excluding hydrogens is 424 g/mol. The Morgan fingerprint density at radius 1 is 1.00 bits per heavy atom. The van der Waals surface area contributed by atoms with Crippen LogP contribution >= 0.6 is 0 Å². The number of rotatable bonds is 8. The van der Waals surface area contributed by atoms with E-state index in [-0.39, 0.29) is 25.6 Å². The molecule has 0 heterocycles. The van der Waals surface area contributed by atoms with E-state index < -0.39 is 36.0 Å². The Labute approximate surface area is 192 Å². The average molecular weight is 453 g/mol. The molecule has 2 aromatic rings. The summed E-state index contributed by atoms with van der Waals surface area (Å²) in [6.45, 7) is -0.162. The summed E-state index contributed by atoms with van der Waals surface area (Å²) in [5.74, 6) is -2.22. The fourth-order valence-electron chi connectivity index (χ4n) is 4.90. The van der Waals surface area contributed by atoms with E-state index in [0.29, 0.717) is 12.8 Å². The Morgan fingerprint density at radius 3 is 2.24 bits per heavy atom. The molecular formula is C25H28N2O6. The first kappa shape index (κ1) is 22.8. The van der Waals surface area contributed by atoms with Crippen molar-refractivity contribution in [1.29, 1.82) is 0 Å². The molecule has 33 heavy (non-hydrogen) atoms. The third kappa shape index (κ3) is 4.85. The number of hydrogen-bond donors (Lipinski definition) is 4. The molecule has 8 nitrogen and oxygen atoms in total. The quantitative estimate of drug-likeness (QED) is 0.488. The predicted octanol–water partition coefficient (Wildman–Crippen LogP) is 2.65. The molecule has 0 spiro atoms. The van der Waals surface area contributed by atoms with Gasteiger partial charge < -0.3 is 25.6 Å². The van der Waals surface area contributed by atoms with Gasteiger partial charge in [-0.15, -0.1) is 0 Å². The van der Waals surface area contributed by atoms with E-state index in [1.165, 1.54) is 0 Å². The summed E-state index contributed by atoms with van der Waals surface area (Å²) in [5, 5.41) is 23.5. The van der Waals surface area contributed by atoms with Crippen LogP contribution in [0.15, 0.2) is 48.5 Å². The highest BCUT2D eigenvalue weighted by Gasteiger charge is 2.36. The minimum atomic E-state index is -1.20. The summed E-state index contributed by atoms with van der Waals surface area (Å²) >= 11 is 0. The van der Waals surface area contributed by atoms with Crippen molar-refractivity contribution < 1.29 is 29.3 Å². The summed E-state index contributed by atoms with van der Waals surface area (Å²) in [6, 6.07) is 14.6. The molecule has 2 aliphatic carbocycles. The third-order valence-electron chi connectivity index (χ3n) is 6.53. The highest BCUT2D eigenvalue weighted by Crippen LogP contribution is 2.44. The maximum Gasteiger partial charge on any atom is 0.407 e. The van der Waals surface area contributed by atoms with Crippen LogP contribution in [0.4, 0.5) is 4.79 Å². The normalized spacial score (nSPS) is 19.9. The van der Waals surface area contributed by atoms with Crippen molar-refractivity contribution >= 4 is 18.0 Å². The first-order valence-corrected chi connectivity index (χ1v) is 11.2. The molecule has 4 rings (SSSR count). The van der Waals surface area contributed by atoms with Crippen molar-refractivity contribution in [3.05, 3.63) is 59.7 Å². The van der Waals surface area contributed by atoms with E-state index in [9.17, 15) is 19.5 Å². The van der Waals surface area contributed by atoms with Crippen LogP contribution in [0.1, 0.15) is 42.7 Å². The predicted molar refractivity (Wildman–Crippen MR) is 121 cm³/mol. The number of aliphatic carboxylic acids is 1. The van der Waals surface area contributed by atoms with E-state index in [0.717, 1.165) is 28.7 Å². The van der Waals surface area contributed by atoms with E-state index >= 15 is 0 Å². The van der Waals surface area contributed by atoms with Gasteiger partial charge in [-0.1, -0.05) is 55.0 Å². The first-order chi connectivity index (χ1) is 16.0. The standard InChI is InChI=1S/C25H28N2O6/c28-13-12-22(24(30)31)26-23(29)19-10-5-11-21(19)27-25(32)33-14-20-17-8-3-1-6-15(17)16-7-2-4-9-18(16)20/h1-4,6-9,19-22,28H,5,10-14H2,(H,26,29)(H,27,32)(H,30,31)/t19?,21?,22-/m0/s1. The maximum absolute atomic E-state index is 12.6. The van der Waals surface area contributed by atoms with Crippen LogP contribution < -0.4 is 10.6 Å². The zero-order valence-electron chi connectivity index (χ0n) is 18.2. The fraction of sp³-hybridized carbons (Fsp3) is 0.400. The second kappa shape index (κ2) is 10.0. The Hall–Kier alpha value is -3.39. The van der Waals surface area contributed by atoms with Crippen molar-refractivity contribution in [3.63, 3.8) is 0 Å². The molecule has 1 saturated carbocycles. The number of fused-ring (bicyclic) bond motifs is 3. The van der Waals surface area contributed by atoms with Gasteiger partial charge >= 0.3 is 12.1 Å². The number of carboxylic acids is 1. The van der Waals surface area contributed by atoms with Crippen molar-refractivity contribution in [2.45, 2.75) is 43.7 Å². The van der Waals surface area contributed by atoms with Gasteiger partial charge in [0.25, 0.3) is 0 Å². The minimum Gasteiger partial charge on any atom is -0.480 e. The van der Waals surface area contributed by atoms with Crippen LogP contribution in [-0.4, -0.2) is 53.5 Å². The van der Waals surface area contributed by atoms with Gasteiger partial charge in [0, 0.05) is 25.0 Å². The molecule has 1 fully saturated rings. The van der Waals surface area contributed by atoms with E-state index in [2.05, 4.69) is 22.8 Å². The van der Waals surface area contributed by atoms with Crippen LogP contribution in [0.5, 0.6) is 0 Å². The molecule has 2 aliphatic rings. The lowest BCUT2D eigenvalue weighted by molar-refractivity contribution is -0.143. The monoisotopic (exact) mass is 452 g/mol. The Kier molecular flexibility index (Phi) is 6.93. The van der Waals surface area contributed by atoms with Crippen molar-refractivity contribution in [2.24, 2.45) is 5.92 Å². The summed E-state index contributed by atoms with van der Waals surface area (Å²) in [5.41, 5.74) is 4.53. The van der Waals surface area contributed by atoms with Gasteiger partial charge in [0.2, 0.25) is 5.91 Å². The van der Waals surface area contributed by atoms with E-state index in [4.69, 9.17) is 9.84 Å². The van der Waals surface area contributed by atoms with Gasteiger partial charge in [-0.05, 0) is 35.1 Å².